The van der Waals surface area contributed by atoms with E-state index < -0.39 is 16.5 Å². The van der Waals surface area contributed by atoms with Crippen LogP contribution in [0.5, 0.6) is 0 Å². The molecule has 6 heteroatoms. The number of nitrogens with zero attached hydrogens (tertiary/aromatic N) is 1. The predicted molar refractivity (Wildman–Crippen MR) is 94.6 cm³/mol. The predicted octanol–water partition coefficient (Wildman–Crippen LogP) is 0.147. The summed E-state index contributed by atoms with van der Waals surface area (Å²) in [5.41, 5.74) is 4.39. The van der Waals surface area contributed by atoms with Crippen molar-refractivity contribution in [2.75, 3.05) is 0 Å². The molecule has 0 saturated carbocycles. The Hall–Kier alpha value is 1.17. The van der Waals surface area contributed by atoms with E-state index in [1.54, 1.807) is 0 Å². The minimum absolute atomic E-state index is 0. The molecule has 0 spiro atoms. The van der Waals surface area contributed by atoms with E-state index in [-0.39, 0.29) is 51.9 Å². The third-order valence-electron chi connectivity index (χ3n) is 3.23. The van der Waals surface area contributed by atoms with Gasteiger partial charge in [-0.3, -0.25) is 6.08 Å². The van der Waals surface area contributed by atoms with Crippen molar-refractivity contribution in [1.82, 2.24) is 0 Å². The fourth-order valence-electron chi connectivity index (χ4n) is 2.41. The van der Waals surface area contributed by atoms with Crippen molar-refractivity contribution in [2.24, 2.45) is 5.41 Å². The molecule has 22 heavy (non-hydrogen) atoms. The van der Waals surface area contributed by atoms with Crippen molar-refractivity contribution >= 4 is 16.5 Å². The fourth-order valence-corrected chi connectivity index (χ4v) is 10.5. The van der Waals surface area contributed by atoms with Crippen LogP contribution in [0.15, 0.2) is 16.7 Å². The molecule has 0 bridgehead atoms. The minimum atomic E-state index is -1.11. The van der Waals surface area contributed by atoms with E-state index in [0.29, 0.717) is 0 Å². The van der Waals surface area contributed by atoms with E-state index in [9.17, 15) is 0 Å². The van der Waals surface area contributed by atoms with E-state index in [1.165, 1.54) is 16.7 Å². The number of rotatable bonds is 2. The van der Waals surface area contributed by atoms with E-state index in [1.807, 2.05) is 0 Å². The summed E-state index contributed by atoms with van der Waals surface area (Å²) in [4.78, 5) is 0. The summed E-state index contributed by atoms with van der Waals surface area (Å²) in [6.07, 6.45) is 3.44. The first-order chi connectivity index (χ1) is 8.16. The third kappa shape index (κ3) is 12.6. The van der Waals surface area contributed by atoms with Gasteiger partial charge in [-0.05, 0) is 0 Å². The summed E-state index contributed by atoms with van der Waals surface area (Å²) in [6, 6.07) is 0. The summed E-state index contributed by atoms with van der Waals surface area (Å²) in [7, 11) is -2.21. The molecule has 0 unspecified atom stereocenters. The van der Waals surface area contributed by atoms with Crippen molar-refractivity contribution in [2.45, 2.75) is 73.9 Å². The van der Waals surface area contributed by atoms with Gasteiger partial charge in [0.1, 0.15) is 0 Å². The molecule has 0 amide bonds. The van der Waals surface area contributed by atoms with Crippen LogP contribution in [0.3, 0.4) is 0 Å². The summed E-state index contributed by atoms with van der Waals surface area (Å²) >= 11 is 0. The van der Waals surface area contributed by atoms with Gasteiger partial charge in [0.15, 0.2) is 0 Å². The summed E-state index contributed by atoms with van der Waals surface area (Å²) in [5, 5.41) is 0. The molecule has 1 aliphatic carbocycles. The van der Waals surface area contributed by atoms with Gasteiger partial charge in [-0.1, -0.05) is 88.9 Å². The molecule has 0 heterocycles. The molecule has 1 rings (SSSR count). The second kappa shape index (κ2) is 10.9. The van der Waals surface area contributed by atoms with Gasteiger partial charge in [-0.2, -0.15) is 11.1 Å². The molecule has 1 nitrogen and oxygen atoms in total. The van der Waals surface area contributed by atoms with Crippen LogP contribution < -0.4 is 24.8 Å². The van der Waals surface area contributed by atoms with Gasteiger partial charge < -0.3 is 29.5 Å². The van der Waals surface area contributed by atoms with E-state index >= 15 is 0 Å². The average molecular weight is 414 g/mol. The van der Waals surface area contributed by atoms with E-state index in [0.717, 1.165) is 0 Å². The zero-order valence-electron chi connectivity index (χ0n) is 16.2. The Morgan fingerprint density at radius 1 is 0.818 bits per heavy atom. The fraction of sp³-hybridized carbons (Fsp3) is 0.750. The maximum absolute atomic E-state index is 4.82. The Balaban J connectivity index is -0.000000130. The summed E-state index contributed by atoms with van der Waals surface area (Å²) in [6.45, 7) is 24.7. The van der Waals surface area contributed by atoms with E-state index in [2.05, 4.69) is 80.0 Å². The molecule has 0 radical (unpaired) electrons. The van der Waals surface area contributed by atoms with Crippen LogP contribution in [-0.4, -0.2) is 16.5 Å². The van der Waals surface area contributed by atoms with E-state index in [4.69, 9.17) is 4.65 Å². The molecule has 128 valence electrons. The van der Waals surface area contributed by atoms with Crippen molar-refractivity contribution in [3.8, 4) is 0 Å². The van der Waals surface area contributed by atoms with Gasteiger partial charge in [0.05, 0.1) is 0 Å². The Kier molecular flexibility index (Phi) is 15.4. The van der Waals surface area contributed by atoms with Gasteiger partial charge in [-0.15, -0.1) is 6.92 Å². The molecule has 0 aromatic carbocycles. The maximum atomic E-state index is 4.82. The van der Waals surface area contributed by atoms with Crippen LogP contribution in [-0.2, 0) is 21.7 Å². The zero-order valence-corrected chi connectivity index (χ0v) is 21.3. The van der Waals surface area contributed by atoms with Crippen LogP contribution in [0.1, 0.15) is 34.6 Å². The van der Waals surface area contributed by atoms with Gasteiger partial charge in [-0.25, -0.2) is 5.57 Å². The first kappa shape index (κ1) is 31.0. The number of halogens is 2. The molecule has 0 N–H and O–H groups in total. The second-order valence-corrected chi connectivity index (χ2v) is 17.7. The molecule has 0 fully saturated rings. The SMILES string of the molecule is CC1=[C-]C(C)(C)C(C)=C1C.C[Si](C)(C)[N-][Si](C)(C)C.[Cl-].[Cl-].[Ti+4]. The van der Waals surface area contributed by atoms with Crippen LogP contribution in [0.2, 0.25) is 39.3 Å². The molecule has 0 aliphatic heterocycles. The summed E-state index contributed by atoms with van der Waals surface area (Å²) < 4.78 is 4.82. The van der Waals surface area contributed by atoms with Crippen molar-refractivity contribution in [1.29, 1.82) is 0 Å². The number of hydrogen-bond acceptors (Lipinski definition) is 0. The average Bonchev–Trinajstić information content (AvgIpc) is 2.24. The normalized spacial score (nSPS) is 16.4. The Bertz CT molecular complexity index is 380. The quantitative estimate of drug-likeness (QED) is 0.451. The van der Waals surface area contributed by atoms with Crippen LogP contribution in [0, 0.1) is 11.5 Å². The summed E-state index contributed by atoms with van der Waals surface area (Å²) in [5.74, 6) is 0. The monoisotopic (exact) mass is 413 g/mol. The van der Waals surface area contributed by atoms with Crippen LogP contribution >= 0.6 is 0 Å². The largest absolute Gasteiger partial charge is 4.00 e. The smallest absolute Gasteiger partial charge is 1.00 e. The van der Waals surface area contributed by atoms with Crippen LogP contribution in [0.25, 0.3) is 4.65 Å². The van der Waals surface area contributed by atoms with Crippen LogP contribution in [0.4, 0.5) is 0 Å². The molecule has 1 aliphatic rings. The van der Waals surface area contributed by atoms with Crippen molar-refractivity contribution in [3.05, 3.63) is 27.4 Å². The third-order valence-corrected chi connectivity index (χ3v) is 8.60. The van der Waals surface area contributed by atoms with Gasteiger partial charge in [0.25, 0.3) is 0 Å². The molecule has 0 aromatic rings. The minimum Gasteiger partial charge on any atom is -1.00 e. The molecule has 0 saturated heterocycles. The Labute approximate surface area is 169 Å². The topological polar surface area (TPSA) is 14.1 Å². The molecular formula is C16H33Cl2NSi2Ti. The molecule has 0 atom stereocenters. The standard InChI is InChI=1S/C10H15.C6H18NSi2.2ClH.Ti/c1-7-6-10(4,5)9(3)8(7)2;1-8(2,3)7-9(4,5)6;;;/h1-5H3;1-6H3;2*1H;/q2*-1;;;+4/p-2. The van der Waals surface area contributed by atoms with Gasteiger partial charge in [0.2, 0.25) is 0 Å². The van der Waals surface area contributed by atoms with Crippen molar-refractivity contribution < 1.29 is 46.5 Å². The Morgan fingerprint density at radius 3 is 1.18 bits per heavy atom. The zero-order chi connectivity index (χ0) is 15.6. The first-order valence-corrected chi connectivity index (χ1v) is 14.1. The number of allylic oxidation sites excluding steroid dienone is 4. The first-order valence-electron chi connectivity index (χ1n) is 7.20. The molecule has 0 aromatic heterocycles. The van der Waals surface area contributed by atoms with Gasteiger partial charge in [0, 0.05) is 0 Å². The van der Waals surface area contributed by atoms with Gasteiger partial charge >= 0.3 is 21.7 Å². The number of hydrogen-bond donors (Lipinski definition) is 0. The molecular weight excluding hydrogens is 381 g/mol. The second-order valence-electron chi connectivity index (χ2n) is 8.08. The Morgan fingerprint density at radius 2 is 1.14 bits per heavy atom. The van der Waals surface area contributed by atoms with Crippen molar-refractivity contribution in [3.63, 3.8) is 0 Å². The maximum Gasteiger partial charge on any atom is 4.00 e.